The number of nitrogens with zero attached hydrogens (tertiary/aromatic N) is 3. The molecule has 1 saturated heterocycles. The van der Waals surface area contributed by atoms with Crippen LogP contribution in [0.25, 0.3) is 0 Å². The van der Waals surface area contributed by atoms with E-state index in [-0.39, 0.29) is 22.6 Å². The Labute approximate surface area is 176 Å². The summed E-state index contributed by atoms with van der Waals surface area (Å²) in [5.74, 6) is 0.736. The molecule has 2 heterocycles. The number of carbonyl (C=O) groups excluding carboxylic acids is 1. The van der Waals surface area contributed by atoms with Crippen LogP contribution >= 0.6 is 0 Å². The first-order valence-corrected chi connectivity index (χ1v) is 11.3. The molecule has 2 aromatic rings. The van der Waals surface area contributed by atoms with Crippen LogP contribution in [0.2, 0.25) is 0 Å². The summed E-state index contributed by atoms with van der Waals surface area (Å²) in [6.07, 6.45) is 0.450. The molecule has 1 N–H and O–H groups in total. The Morgan fingerprint density at radius 3 is 2.57 bits per heavy atom. The first-order chi connectivity index (χ1) is 14.1. The Morgan fingerprint density at radius 2 is 1.93 bits per heavy atom. The zero-order chi connectivity index (χ0) is 21.9. The Hall–Kier alpha value is -2.30. The van der Waals surface area contributed by atoms with Crippen LogP contribution in [-0.4, -0.2) is 55.1 Å². The van der Waals surface area contributed by atoms with Gasteiger partial charge < -0.3 is 14.6 Å². The van der Waals surface area contributed by atoms with Gasteiger partial charge in [0.2, 0.25) is 21.8 Å². The molecule has 0 atom stereocenters. The van der Waals surface area contributed by atoms with Crippen molar-refractivity contribution in [2.75, 3.05) is 31.6 Å². The van der Waals surface area contributed by atoms with E-state index >= 15 is 0 Å². The normalized spacial score (nSPS) is 15.9. The molecule has 0 saturated carbocycles. The van der Waals surface area contributed by atoms with Gasteiger partial charge in [-0.3, -0.25) is 4.79 Å². The highest BCUT2D eigenvalue weighted by Crippen LogP contribution is 2.24. The minimum Gasteiger partial charge on any atom is -0.379 e. The molecular formula is C20H28N4O5S. The lowest BCUT2D eigenvalue weighted by Crippen LogP contribution is -2.40. The predicted molar refractivity (Wildman–Crippen MR) is 111 cm³/mol. The molecule has 30 heavy (non-hydrogen) atoms. The van der Waals surface area contributed by atoms with Crippen LogP contribution in [0.5, 0.6) is 0 Å². The summed E-state index contributed by atoms with van der Waals surface area (Å²) in [5.41, 5.74) is 1.01. The molecule has 1 amide bonds. The van der Waals surface area contributed by atoms with Gasteiger partial charge in [-0.15, -0.1) is 0 Å². The monoisotopic (exact) mass is 436 g/mol. The summed E-state index contributed by atoms with van der Waals surface area (Å²) < 4.78 is 37.6. The third-order valence-corrected chi connectivity index (χ3v) is 6.69. The molecule has 1 fully saturated rings. The lowest BCUT2D eigenvalue weighted by atomic mass is 9.96. The molecule has 0 radical (unpaired) electrons. The average molecular weight is 437 g/mol. The summed E-state index contributed by atoms with van der Waals surface area (Å²) in [6, 6.07) is 4.75. The number of benzene rings is 1. The molecule has 164 valence electrons. The van der Waals surface area contributed by atoms with Gasteiger partial charge in [0.05, 0.1) is 18.1 Å². The maximum absolute atomic E-state index is 12.9. The first-order valence-electron chi connectivity index (χ1n) is 9.89. The molecule has 1 aromatic heterocycles. The number of hydrogen-bond donors (Lipinski definition) is 1. The quantitative estimate of drug-likeness (QED) is 0.739. The highest BCUT2D eigenvalue weighted by molar-refractivity contribution is 7.89. The third-order valence-electron chi connectivity index (χ3n) is 4.80. The number of amides is 1. The van der Waals surface area contributed by atoms with Crippen molar-refractivity contribution in [3.63, 3.8) is 0 Å². The number of hydrogen-bond acceptors (Lipinski definition) is 7. The lowest BCUT2D eigenvalue weighted by molar-refractivity contribution is -0.116. The zero-order valence-electron chi connectivity index (χ0n) is 17.8. The van der Waals surface area contributed by atoms with Crippen LogP contribution in [0.3, 0.4) is 0 Å². The highest BCUT2D eigenvalue weighted by atomic mass is 32.2. The van der Waals surface area contributed by atoms with E-state index < -0.39 is 10.0 Å². The molecule has 0 spiro atoms. The fourth-order valence-electron chi connectivity index (χ4n) is 2.93. The number of morpholine rings is 1. The second-order valence-corrected chi connectivity index (χ2v) is 10.2. The van der Waals surface area contributed by atoms with E-state index in [0.29, 0.717) is 50.1 Å². The van der Waals surface area contributed by atoms with Gasteiger partial charge in [-0.25, -0.2) is 8.42 Å². The average Bonchev–Trinajstić information content (AvgIpc) is 3.18. The minimum atomic E-state index is -3.63. The van der Waals surface area contributed by atoms with Crippen molar-refractivity contribution >= 4 is 21.6 Å². The van der Waals surface area contributed by atoms with Crippen LogP contribution in [-0.2, 0) is 31.4 Å². The van der Waals surface area contributed by atoms with Crippen molar-refractivity contribution < 1.29 is 22.5 Å². The Balaban J connectivity index is 1.66. The van der Waals surface area contributed by atoms with E-state index in [2.05, 4.69) is 15.5 Å². The first kappa shape index (κ1) is 22.4. The van der Waals surface area contributed by atoms with Gasteiger partial charge in [0.25, 0.3) is 0 Å². The summed E-state index contributed by atoms with van der Waals surface area (Å²) in [6.45, 7) is 9.15. The fraction of sp³-hybridized carbons (Fsp3) is 0.550. The largest absolute Gasteiger partial charge is 0.379 e. The van der Waals surface area contributed by atoms with Gasteiger partial charge in [0, 0.05) is 37.0 Å². The van der Waals surface area contributed by atoms with Gasteiger partial charge in [-0.1, -0.05) is 32.0 Å². The molecular weight excluding hydrogens is 408 g/mol. The predicted octanol–water partition coefficient (Wildman–Crippen LogP) is 2.27. The molecule has 1 aliphatic heterocycles. The zero-order valence-corrected chi connectivity index (χ0v) is 18.6. The smallest absolute Gasteiger partial charge is 0.243 e. The number of aryl methyl sites for hydroxylation is 2. The Kier molecular flexibility index (Phi) is 6.59. The fourth-order valence-corrected chi connectivity index (χ4v) is 4.36. The van der Waals surface area contributed by atoms with Gasteiger partial charge >= 0.3 is 0 Å². The molecule has 0 bridgehead atoms. The van der Waals surface area contributed by atoms with Gasteiger partial charge in [0.1, 0.15) is 0 Å². The molecule has 3 rings (SSSR count). The van der Waals surface area contributed by atoms with Crippen molar-refractivity contribution in [3.05, 3.63) is 35.5 Å². The van der Waals surface area contributed by atoms with Crippen LogP contribution < -0.4 is 5.32 Å². The maximum atomic E-state index is 12.9. The Bertz CT molecular complexity index is 1000. The Morgan fingerprint density at radius 1 is 1.23 bits per heavy atom. The van der Waals surface area contributed by atoms with E-state index in [1.54, 1.807) is 12.1 Å². The molecule has 1 aliphatic rings. The van der Waals surface area contributed by atoms with Gasteiger partial charge in [-0.2, -0.15) is 9.29 Å². The number of rotatable bonds is 6. The lowest BCUT2D eigenvalue weighted by Gasteiger charge is -2.26. The summed E-state index contributed by atoms with van der Waals surface area (Å²) in [4.78, 5) is 16.9. The number of anilines is 1. The van der Waals surface area contributed by atoms with E-state index in [4.69, 9.17) is 9.26 Å². The topological polar surface area (TPSA) is 115 Å². The van der Waals surface area contributed by atoms with Crippen molar-refractivity contribution in [1.29, 1.82) is 0 Å². The SMILES string of the molecule is Cc1ccc(S(=O)(=O)N2CCOCC2)cc1NC(=O)CCc1nc(C(C)(C)C)no1. The number of nitrogens with one attached hydrogen (secondary N) is 1. The third kappa shape index (κ3) is 5.24. The molecule has 1 aromatic carbocycles. The van der Waals surface area contributed by atoms with Crippen molar-refractivity contribution in [3.8, 4) is 0 Å². The molecule has 9 nitrogen and oxygen atoms in total. The standard InChI is InChI=1S/C20H28N4O5S/c1-14-5-6-15(30(26,27)24-9-11-28-12-10-24)13-16(14)21-17(25)7-8-18-22-19(23-29-18)20(2,3)4/h5-6,13H,7-12H2,1-4H3,(H,21,25). The van der Waals surface area contributed by atoms with Crippen LogP contribution in [0.1, 0.15) is 44.5 Å². The summed E-state index contributed by atoms with van der Waals surface area (Å²) >= 11 is 0. The van der Waals surface area contributed by atoms with Crippen molar-refractivity contribution in [1.82, 2.24) is 14.4 Å². The summed E-state index contributed by atoms with van der Waals surface area (Å²) in [5, 5.41) is 6.74. The number of carbonyl (C=O) groups is 1. The maximum Gasteiger partial charge on any atom is 0.243 e. The van der Waals surface area contributed by atoms with Crippen LogP contribution in [0.4, 0.5) is 5.69 Å². The molecule has 10 heteroatoms. The number of ether oxygens (including phenoxy) is 1. The number of sulfonamides is 1. The van der Waals surface area contributed by atoms with E-state index in [9.17, 15) is 13.2 Å². The van der Waals surface area contributed by atoms with Crippen molar-refractivity contribution in [2.24, 2.45) is 0 Å². The molecule has 0 aliphatic carbocycles. The van der Waals surface area contributed by atoms with E-state index in [0.717, 1.165) is 5.56 Å². The van der Waals surface area contributed by atoms with E-state index in [1.165, 1.54) is 10.4 Å². The van der Waals surface area contributed by atoms with Crippen LogP contribution in [0.15, 0.2) is 27.6 Å². The highest BCUT2D eigenvalue weighted by Gasteiger charge is 2.27. The van der Waals surface area contributed by atoms with Gasteiger partial charge in [-0.05, 0) is 24.6 Å². The van der Waals surface area contributed by atoms with Crippen LogP contribution in [0, 0.1) is 6.92 Å². The minimum absolute atomic E-state index is 0.145. The van der Waals surface area contributed by atoms with Gasteiger partial charge in [0.15, 0.2) is 5.82 Å². The molecule has 0 unspecified atom stereocenters. The summed E-state index contributed by atoms with van der Waals surface area (Å²) in [7, 11) is -3.63. The number of aromatic nitrogens is 2. The van der Waals surface area contributed by atoms with E-state index in [1.807, 2.05) is 27.7 Å². The second-order valence-electron chi connectivity index (χ2n) is 8.30. The second kappa shape index (κ2) is 8.83. The van der Waals surface area contributed by atoms with Crippen molar-refractivity contribution in [2.45, 2.75) is 50.8 Å².